The summed E-state index contributed by atoms with van der Waals surface area (Å²) in [4.78, 5) is 30.6. The van der Waals surface area contributed by atoms with Crippen LogP contribution in [0.1, 0.15) is 24.1 Å². The lowest BCUT2D eigenvalue weighted by atomic mass is 10.0. The average molecular weight is 472 g/mol. The van der Waals surface area contributed by atoms with Crippen molar-refractivity contribution in [1.82, 2.24) is 24.4 Å². The van der Waals surface area contributed by atoms with Crippen LogP contribution >= 0.6 is 0 Å². The van der Waals surface area contributed by atoms with E-state index in [1.54, 1.807) is 23.0 Å². The van der Waals surface area contributed by atoms with Crippen molar-refractivity contribution < 1.29 is 13.9 Å². The Morgan fingerprint density at radius 3 is 2.76 bits per heavy atom. The molecular weight excluding hydrogens is 444 g/mol. The molecule has 9 nitrogen and oxygen atoms in total. The van der Waals surface area contributed by atoms with Crippen molar-refractivity contribution in [3.63, 3.8) is 0 Å². The quantitative estimate of drug-likeness (QED) is 0.584. The van der Waals surface area contributed by atoms with Gasteiger partial charge < -0.3 is 24.8 Å². The summed E-state index contributed by atoms with van der Waals surface area (Å²) in [6.45, 7) is 2.00. The highest BCUT2D eigenvalue weighted by molar-refractivity contribution is 5.89. The Kier molecular flexibility index (Phi) is 5.90. The van der Waals surface area contributed by atoms with E-state index in [4.69, 9.17) is 0 Å². The number of halogens is 2. The van der Waals surface area contributed by atoms with Gasteiger partial charge >= 0.3 is 0 Å². The van der Waals surface area contributed by atoms with E-state index in [1.807, 2.05) is 18.0 Å². The van der Waals surface area contributed by atoms with Crippen molar-refractivity contribution in [2.24, 2.45) is 0 Å². The van der Waals surface area contributed by atoms with Crippen LogP contribution in [0, 0.1) is 0 Å². The number of piperidine rings is 1. The Balaban J connectivity index is 1.51. The van der Waals surface area contributed by atoms with Crippen LogP contribution in [0.2, 0.25) is 0 Å². The normalized spacial score (nSPS) is 18.2. The van der Waals surface area contributed by atoms with Crippen molar-refractivity contribution >= 4 is 28.4 Å². The molecule has 0 spiro atoms. The van der Waals surface area contributed by atoms with Gasteiger partial charge in [-0.2, -0.15) is 0 Å². The number of hydrogen-bond donors (Lipinski definition) is 2. The number of alkyl halides is 2. The zero-order chi connectivity index (χ0) is 23.9. The second-order valence-electron chi connectivity index (χ2n) is 8.93. The van der Waals surface area contributed by atoms with E-state index in [9.17, 15) is 18.7 Å². The van der Waals surface area contributed by atoms with Crippen molar-refractivity contribution in [1.29, 1.82) is 0 Å². The first kappa shape index (κ1) is 22.6. The minimum Gasteiger partial charge on any atom is -0.395 e. The lowest BCUT2D eigenvalue weighted by molar-refractivity contribution is -0.0221. The van der Waals surface area contributed by atoms with Gasteiger partial charge in [0.25, 0.3) is 11.5 Å². The van der Waals surface area contributed by atoms with Crippen molar-refractivity contribution in [2.75, 3.05) is 43.5 Å². The van der Waals surface area contributed by atoms with Gasteiger partial charge in [0.2, 0.25) is 5.95 Å². The van der Waals surface area contributed by atoms with Gasteiger partial charge in [0.05, 0.1) is 6.61 Å². The van der Waals surface area contributed by atoms with Gasteiger partial charge in [0.15, 0.2) is 5.82 Å². The molecular formula is C23H27F2N7O2. The smallest absolute Gasteiger partial charge is 0.274 e. The zero-order valence-corrected chi connectivity index (χ0v) is 19.0. The third-order valence-corrected chi connectivity index (χ3v) is 6.51. The molecule has 0 aliphatic carbocycles. The molecule has 180 valence electrons. The topological polar surface area (TPSA) is 99.4 Å². The molecule has 2 aliphatic heterocycles. The summed E-state index contributed by atoms with van der Waals surface area (Å²) in [5.74, 6) is -1.90. The molecule has 2 N–H and O–H groups in total. The van der Waals surface area contributed by atoms with Gasteiger partial charge in [-0.15, -0.1) is 0 Å². The summed E-state index contributed by atoms with van der Waals surface area (Å²) >= 11 is 0. The van der Waals surface area contributed by atoms with E-state index in [1.165, 1.54) is 0 Å². The number of hydrogen-bond acceptors (Lipinski definition) is 8. The fourth-order valence-corrected chi connectivity index (χ4v) is 4.68. The number of likely N-dealkylation sites (N-methyl/N-ethyl adjacent to an activating group) is 1. The van der Waals surface area contributed by atoms with Crippen LogP contribution in [0.5, 0.6) is 0 Å². The van der Waals surface area contributed by atoms with Crippen molar-refractivity contribution in [3.05, 3.63) is 46.1 Å². The molecule has 0 unspecified atom stereocenters. The Labute approximate surface area is 195 Å². The van der Waals surface area contributed by atoms with Crippen molar-refractivity contribution in [2.45, 2.75) is 38.3 Å². The maximum absolute atomic E-state index is 13.7. The van der Waals surface area contributed by atoms with Gasteiger partial charge in [0.1, 0.15) is 11.2 Å². The van der Waals surface area contributed by atoms with Gasteiger partial charge in [-0.05, 0) is 24.7 Å². The molecule has 34 heavy (non-hydrogen) atoms. The predicted octanol–water partition coefficient (Wildman–Crippen LogP) is 2.15. The number of aromatic nitrogens is 4. The summed E-state index contributed by atoms with van der Waals surface area (Å²) in [7, 11) is 2.02. The highest BCUT2D eigenvalue weighted by Crippen LogP contribution is 2.32. The fourth-order valence-electron chi connectivity index (χ4n) is 4.68. The van der Waals surface area contributed by atoms with Gasteiger partial charge in [0, 0.05) is 75.5 Å². The molecule has 3 aromatic rings. The van der Waals surface area contributed by atoms with E-state index < -0.39 is 5.92 Å². The van der Waals surface area contributed by atoms with Gasteiger partial charge in [-0.1, -0.05) is 0 Å². The van der Waals surface area contributed by atoms with Crippen LogP contribution < -0.4 is 15.8 Å². The maximum Gasteiger partial charge on any atom is 0.274 e. The monoisotopic (exact) mass is 471 g/mol. The van der Waals surface area contributed by atoms with E-state index in [0.29, 0.717) is 23.6 Å². The molecule has 0 atom stereocenters. The molecule has 0 aromatic carbocycles. The molecule has 5 rings (SSSR count). The SMILES string of the molecule is CN1CCc2c(cc(Nc3ncc4ccnc(N5CCC(F)(F)CC5)c4n3)c(=O)n2CCO)C1. The Morgan fingerprint density at radius 1 is 1.21 bits per heavy atom. The summed E-state index contributed by atoms with van der Waals surface area (Å²) in [6, 6.07) is 3.59. The number of aliphatic hydroxyl groups excluding tert-OH is 1. The number of nitrogens with one attached hydrogen (secondary N) is 1. The number of pyridine rings is 2. The van der Waals surface area contributed by atoms with Crippen LogP contribution in [0.3, 0.4) is 0 Å². The molecule has 3 aromatic heterocycles. The third-order valence-electron chi connectivity index (χ3n) is 6.51. The first-order chi connectivity index (χ1) is 16.3. The predicted molar refractivity (Wildman–Crippen MR) is 125 cm³/mol. The summed E-state index contributed by atoms with van der Waals surface area (Å²) in [5, 5.41) is 13.3. The second kappa shape index (κ2) is 8.88. The van der Waals surface area contributed by atoms with Crippen LogP contribution in [0.4, 0.5) is 26.2 Å². The minimum atomic E-state index is -2.65. The van der Waals surface area contributed by atoms with E-state index in [0.717, 1.165) is 29.6 Å². The first-order valence-electron chi connectivity index (χ1n) is 11.4. The Morgan fingerprint density at radius 2 is 2.00 bits per heavy atom. The zero-order valence-electron chi connectivity index (χ0n) is 19.0. The average Bonchev–Trinajstić information content (AvgIpc) is 2.81. The highest BCUT2D eigenvalue weighted by Gasteiger charge is 2.35. The molecule has 1 fully saturated rings. The summed E-state index contributed by atoms with van der Waals surface area (Å²) < 4.78 is 28.9. The van der Waals surface area contributed by atoms with Crippen molar-refractivity contribution in [3.8, 4) is 0 Å². The number of anilines is 3. The van der Waals surface area contributed by atoms with Crippen LogP contribution in [-0.4, -0.2) is 68.7 Å². The van der Waals surface area contributed by atoms with Crippen LogP contribution in [0.15, 0.2) is 29.3 Å². The summed E-state index contributed by atoms with van der Waals surface area (Å²) in [5.41, 5.74) is 2.58. The molecule has 5 heterocycles. The minimum absolute atomic E-state index is 0.137. The molecule has 2 aliphatic rings. The Bertz CT molecular complexity index is 1270. The largest absolute Gasteiger partial charge is 0.395 e. The number of rotatable bonds is 5. The lowest BCUT2D eigenvalue weighted by Gasteiger charge is -2.32. The highest BCUT2D eigenvalue weighted by atomic mass is 19.3. The number of aliphatic hydroxyl groups is 1. The maximum atomic E-state index is 13.7. The van der Waals surface area contributed by atoms with Gasteiger partial charge in [-0.3, -0.25) is 4.79 Å². The molecule has 11 heteroatoms. The second-order valence-corrected chi connectivity index (χ2v) is 8.93. The van der Waals surface area contributed by atoms with Crippen LogP contribution in [-0.2, 0) is 19.5 Å². The molecule has 0 bridgehead atoms. The lowest BCUT2D eigenvalue weighted by Crippen LogP contribution is -2.39. The number of fused-ring (bicyclic) bond motifs is 2. The third kappa shape index (κ3) is 4.32. The summed E-state index contributed by atoms with van der Waals surface area (Å²) in [6.07, 6.45) is 3.53. The van der Waals surface area contributed by atoms with Gasteiger partial charge in [-0.25, -0.2) is 23.7 Å². The van der Waals surface area contributed by atoms with E-state index in [2.05, 4.69) is 25.2 Å². The number of nitrogens with zero attached hydrogens (tertiary/aromatic N) is 6. The Hall–Kier alpha value is -3.18. The standard InChI is InChI=1S/C23H27F2N7O2/c1-30-7-3-18-16(14-30)12-17(21(34)32(18)10-11-33)28-22-27-13-15-2-6-26-20(19(15)29-22)31-8-4-23(24,25)5-9-31/h2,6,12-13,33H,3-5,7-11,14H2,1H3,(H,27,28,29). The molecule has 0 radical (unpaired) electrons. The molecule has 0 saturated carbocycles. The van der Waals surface area contributed by atoms with Crippen LogP contribution in [0.25, 0.3) is 10.9 Å². The fraction of sp³-hybridized carbons (Fsp3) is 0.478. The van der Waals surface area contributed by atoms with E-state index >= 15 is 0 Å². The van der Waals surface area contributed by atoms with E-state index in [-0.39, 0.29) is 50.6 Å². The first-order valence-corrected chi connectivity index (χ1v) is 11.4. The molecule has 0 amide bonds. The molecule has 1 saturated heterocycles.